The van der Waals surface area contributed by atoms with Crippen LogP contribution in [0.1, 0.15) is 15.9 Å². The van der Waals surface area contributed by atoms with Gasteiger partial charge in [0.05, 0.1) is 18.2 Å². The zero-order chi connectivity index (χ0) is 17.5. The molecular weight excluding hydrogens is 325 g/mol. The van der Waals surface area contributed by atoms with Crippen molar-refractivity contribution in [2.45, 2.75) is 6.18 Å². The van der Waals surface area contributed by atoms with Crippen LogP contribution >= 0.6 is 0 Å². The molecule has 1 amide bonds. The number of hydrogen-bond donors (Lipinski definition) is 1. The van der Waals surface area contributed by atoms with E-state index in [0.717, 1.165) is 12.1 Å². The van der Waals surface area contributed by atoms with Gasteiger partial charge in [-0.05, 0) is 24.3 Å². The van der Waals surface area contributed by atoms with E-state index in [2.05, 4.69) is 16.4 Å². The predicted molar refractivity (Wildman–Crippen MR) is 77.3 cm³/mol. The molecule has 3 aromatic rings. The van der Waals surface area contributed by atoms with Gasteiger partial charge >= 0.3 is 6.18 Å². The summed E-state index contributed by atoms with van der Waals surface area (Å²) in [6, 6.07) is 4.30. The number of pyridine rings is 1. The fourth-order valence-corrected chi connectivity index (χ4v) is 2.39. The smallest absolute Gasteiger partial charge is 0.416 e. The molecule has 6 nitrogen and oxygen atoms in total. The lowest BCUT2D eigenvalue weighted by Crippen LogP contribution is -2.14. The maximum Gasteiger partial charge on any atom is 0.416 e. The highest BCUT2D eigenvalue weighted by Crippen LogP contribution is 2.39. The maximum atomic E-state index is 13.1. The van der Waals surface area contributed by atoms with Gasteiger partial charge in [-0.2, -0.15) is 13.2 Å². The van der Waals surface area contributed by atoms with Gasteiger partial charge in [-0.1, -0.05) is 0 Å². The average molecular weight is 335 g/mol. The van der Waals surface area contributed by atoms with Crippen LogP contribution in [0.25, 0.3) is 16.8 Å². The van der Waals surface area contributed by atoms with Crippen LogP contribution in [0.4, 0.5) is 13.2 Å². The molecule has 1 aromatic carbocycles. The summed E-state index contributed by atoms with van der Waals surface area (Å²) < 4.78 is 45.6. The molecule has 0 saturated heterocycles. The van der Waals surface area contributed by atoms with E-state index in [4.69, 9.17) is 10.5 Å². The highest BCUT2D eigenvalue weighted by Gasteiger charge is 2.32. The number of amides is 1. The van der Waals surface area contributed by atoms with Crippen LogP contribution in [0.2, 0.25) is 0 Å². The molecule has 2 aromatic heterocycles. The Morgan fingerprint density at radius 3 is 2.71 bits per heavy atom. The number of fused-ring (bicyclic) bond motifs is 1. The Bertz CT molecular complexity index is 934. The van der Waals surface area contributed by atoms with E-state index in [9.17, 15) is 18.0 Å². The van der Waals surface area contributed by atoms with Gasteiger partial charge < -0.3 is 10.5 Å². The third-order valence-corrected chi connectivity index (χ3v) is 3.46. The van der Waals surface area contributed by atoms with Crippen molar-refractivity contribution in [3.63, 3.8) is 0 Å². The molecule has 0 atom stereocenters. The van der Waals surface area contributed by atoms with E-state index in [-0.39, 0.29) is 28.1 Å². The fourth-order valence-electron chi connectivity index (χ4n) is 2.39. The topological polar surface area (TPSA) is 82.5 Å². The Kier molecular flexibility index (Phi) is 3.63. The van der Waals surface area contributed by atoms with Gasteiger partial charge in [-0.15, -0.1) is 5.10 Å². The van der Waals surface area contributed by atoms with E-state index < -0.39 is 17.6 Å². The summed E-state index contributed by atoms with van der Waals surface area (Å²) in [5.41, 5.74) is 4.75. The first kappa shape index (κ1) is 15.8. The number of nitrogens with zero attached hydrogens (tertiary/aromatic N) is 3. The number of carbonyl (C=O) groups is 1. The van der Waals surface area contributed by atoms with Gasteiger partial charge in [0, 0.05) is 17.3 Å². The molecule has 123 valence electrons. The third-order valence-electron chi connectivity index (χ3n) is 3.46. The molecule has 0 aliphatic carbocycles. The first-order valence-electron chi connectivity index (χ1n) is 6.63. The lowest BCUT2D eigenvalue weighted by molar-refractivity contribution is -0.137. The Morgan fingerprint density at radius 1 is 1.33 bits per heavy atom. The summed E-state index contributed by atoms with van der Waals surface area (Å²) in [5, 5.41) is 3.80. The van der Waals surface area contributed by atoms with E-state index in [1.54, 1.807) is 0 Å². The Morgan fingerprint density at radius 2 is 2.08 bits per heavy atom. The zero-order valence-corrected chi connectivity index (χ0v) is 12.3. The monoisotopic (exact) mass is 335 g/mol. The number of aromatic nitrogens is 3. The minimum Gasteiger partial charge on any atom is -0.496 e. The van der Waals surface area contributed by atoms with Crippen molar-refractivity contribution in [3.8, 4) is 16.9 Å². The largest absolute Gasteiger partial charge is 0.496 e. The van der Waals surface area contributed by atoms with Gasteiger partial charge in [0.15, 0.2) is 5.65 Å². The second-order valence-corrected chi connectivity index (χ2v) is 4.86. The van der Waals surface area contributed by atoms with Crippen molar-refractivity contribution >= 4 is 11.6 Å². The van der Waals surface area contributed by atoms with Crippen molar-refractivity contribution < 1.29 is 22.7 Å². The summed E-state index contributed by atoms with van der Waals surface area (Å²) >= 11 is 0. The van der Waals surface area contributed by atoms with Crippen LogP contribution < -0.4 is 10.5 Å². The number of nitrogens with two attached hydrogens (primary N) is 1. The number of primary amides is 1. The van der Waals surface area contributed by atoms with Crippen LogP contribution in [-0.4, -0.2) is 27.6 Å². The van der Waals surface area contributed by atoms with Crippen molar-refractivity contribution in [1.82, 2.24) is 14.6 Å². The van der Waals surface area contributed by atoms with Gasteiger partial charge in [-0.25, -0.2) is 9.50 Å². The van der Waals surface area contributed by atoms with Gasteiger partial charge in [-0.3, -0.25) is 4.79 Å². The molecule has 2 heterocycles. The van der Waals surface area contributed by atoms with Crippen LogP contribution in [0.3, 0.4) is 0 Å². The van der Waals surface area contributed by atoms with Crippen molar-refractivity contribution in [2.24, 2.45) is 5.73 Å². The number of hydrogen-bond acceptors (Lipinski definition) is 4. The SMILES string of the molecule is COc1ccc(C(F)(F)F)cc1-c1c(C(N)=O)ccn2n[c]nc12. The van der Waals surface area contributed by atoms with Gasteiger partial charge in [0.2, 0.25) is 12.2 Å². The minimum atomic E-state index is -4.56. The first-order valence-corrected chi connectivity index (χ1v) is 6.63. The van der Waals surface area contributed by atoms with E-state index in [1.165, 1.54) is 30.0 Å². The number of ether oxygens (including phenoxy) is 1. The highest BCUT2D eigenvalue weighted by atomic mass is 19.4. The van der Waals surface area contributed by atoms with Crippen molar-refractivity contribution in [2.75, 3.05) is 7.11 Å². The summed E-state index contributed by atoms with van der Waals surface area (Å²) in [5.74, 6) is -0.670. The average Bonchev–Trinajstić information content (AvgIpc) is 3.00. The van der Waals surface area contributed by atoms with Gasteiger partial charge in [0.1, 0.15) is 5.75 Å². The standard InChI is InChI=1S/C15H10F3N4O2/c1-24-11-3-2-8(15(16,17)18)6-10(11)12-9(13(19)23)4-5-22-14(12)20-7-21-22/h2-6H,1H3,(H2,19,23). The van der Waals surface area contributed by atoms with Crippen molar-refractivity contribution in [3.05, 3.63) is 47.9 Å². The van der Waals surface area contributed by atoms with Crippen LogP contribution in [0, 0.1) is 6.33 Å². The Balaban J connectivity index is 2.40. The molecule has 0 aliphatic rings. The molecule has 0 bridgehead atoms. The van der Waals surface area contributed by atoms with Crippen LogP contribution in [0.5, 0.6) is 5.75 Å². The molecular formula is C15H10F3N4O2. The molecule has 0 saturated carbocycles. The Hall–Kier alpha value is -3.10. The second-order valence-electron chi connectivity index (χ2n) is 4.86. The molecule has 0 fully saturated rings. The number of rotatable bonds is 3. The van der Waals surface area contributed by atoms with Gasteiger partial charge in [0.25, 0.3) is 0 Å². The number of halogens is 3. The number of carbonyl (C=O) groups excluding carboxylic acids is 1. The number of alkyl halides is 3. The second kappa shape index (κ2) is 5.52. The number of methoxy groups -OCH3 is 1. The lowest BCUT2D eigenvalue weighted by Gasteiger charge is -2.15. The van der Waals surface area contributed by atoms with Crippen LogP contribution in [-0.2, 0) is 6.18 Å². The lowest BCUT2D eigenvalue weighted by atomic mass is 9.97. The molecule has 24 heavy (non-hydrogen) atoms. The van der Waals surface area contributed by atoms with Crippen molar-refractivity contribution in [1.29, 1.82) is 0 Å². The molecule has 0 unspecified atom stereocenters. The summed E-state index contributed by atoms with van der Waals surface area (Å²) in [4.78, 5) is 15.6. The molecule has 9 heteroatoms. The zero-order valence-electron chi connectivity index (χ0n) is 12.3. The third kappa shape index (κ3) is 2.53. The molecule has 2 N–H and O–H groups in total. The predicted octanol–water partition coefficient (Wildman–Crippen LogP) is 2.32. The summed E-state index contributed by atoms with van der Waals surface area (Å²) in [6.07, 6.45) is -0.793. The highest BCUT2D eigenvalue weighted by molar-refractivity contribution is 6.04. The summed E-state index contributed by atoms with van der Waals surface area (Å²) in [7, 11) is 1.31. The van der Waals surface area contributed by atoms with E-state index in [1.807, 2.05) is 0 Å². The van der Waals surface area contributed by atoms with Crippen LogP contribution in [0.15, 0.2) is 30.5 Å². The molecule has 1 radical (unpaired) electrons. The quantitative estimate of drug-likeness (QED) is 0.796. The molecule has 3 rings (SSSR count). The normalized spacial score (nSPS) is 11.7. The summed E-state index contributed by atoms with van der Waals surface area (Å²) in [6.45, 7) is 0. The number of benzene rings is 1. The fraction of sp³-hybridized carbons (Fsp3) is 0.133. The van der Waals surface area contributed by atoms with E-state index in [0.29, 0.717) is 0 Å². The minimum absolute atomic E-state index is 0.00141. The first-order chi connectivity index (χ1) is 11.3. The van der Waals surface area contributed by atoms with E-state index >= 15 is 0 Å². The Labute approximate surface area is 133 Å². The maximum absolute atomic E-state index is 13.1. The molecule has 0 spiro atoms. The molecule has 0 aliphatic heterocycles.